The van der Waals surface area contributed by atoms with Crippen molar-refractivity contribution >= 4 is 101 Å². The molecule has 0 aliphatic carbocycles. The molecule has 3 aromatic rings. The molecule has 0 saturated heterocycles. The number of hydrogen-bond acceptors (Lipinski definition) is 6. The van der Waals surface area contributed by atoms with E-state index in [1.54, 1.807) is 24.3 Å². The van der Waals surface area contributed by atoms with Crippen LogP contribution in [0.1, 0.15) is 20.7 Å². The highest BCUT2D eigenvalue weighted by Crippen LogP contribution is 2.27. The molecule has 162 valence electrons. The number of rotatable bonds is 6. The Morgan fingerprint density at radius 1 is 0.839 bits per heavy atom. The number of benzene rings is 3. The Hall–Kier alpha value is -1.04. The Bertz CT molecular complexity index is 1290. The fourth-order valence-electron chi connectivity index (χ4n) is 2.80. The van der Waals surface area contributed by atoms with Crippen molar-refractivity contribution in [3.8, 4) is 0 Å². The Morgan fingerprint density at radius 3 is 2.03 bits per heavy atom. The second kappa shape index (κ2) is 10.3. The smallest absolute Gasteiger partial charge is 0.339 e. The van der Waals surface area contributed by atoms with Gasteiger partial charge in [-0.15, -0.1) is 0 Å². The Labute approximate surface area is 219 Å². The highest BCUT2D eigenvalue weighted by atomic mass is 127. The quantitative estimate of drug-likeness (QED) is 0.125. The molecule has 0 fully saturated rings. The fraction of sp³-hybridized carbons (Fsp3) is 0.100. The third-order valence-corrected chi connectivity index (χ3v) is 8.72. The van der Waals surface area contributed by atoms with E-state index in [2.05, 4.69) is 67.8 Å². The van der Waals surface area contributed by atoms with E-state index in [-0.39, 0.29) is 29.1 Å². The van der Waals surface area contributed by atoms with Gasteiger partial charge in [-0.2, -0.15) is 8.42 Å². The van der Waals surface area contributed by atoms with Gasteiger partial charge >= 0.3 is 11.9 Å². The zero-order valence-corrected chi connectivity index (χ0v) is 22.8. The van der Waals surface area contributed by atoms with Crippen molar-refractivity contribution < 1.29 is 32.0 Å². The molecule has 0 amide bonds. The van der Waals surface area contributed by atoms with Crippen LogP contribution in [0.15, 0.2) is 53.4 Å². The molecular weight excluding hydrogens is 765 g/mol. The van der Waals surface area contributed by atoms with E-state index in [9.17, 15) is 22.6 Å². The molecule has 3 rings (SSSR count). The lowest BCUT2D eigenvalue weighted by Crippen LogP contribution is -2.15. The molecule has 31 heavy (non-hydrogen) atoms. The van der Waals surface area contributed by atoms with Gasteiger partial charge in [0.15, 0.2) is 0 Å². The van der Waals surface area contributed by atoms with Crippen LogP contribution in [0, 0.1) is 10.7 Å². The third-order valence-electron chi connectivity index (χ3n) is 4.14. The van der Waals surface area contributed by atoms with Crippen molar-refractivity contribution in [2.75, 3.05) is 13.2 Å². The van der Waals surface area contributed by atoms with E-state index in [1.807, 2.05) is 6.07 Å². The number of ether oxygens (including phenoxy) is 2. The van der Waals surface area contributed by atoms with E-state index in [0.717, 1.165) is 16.8 Å². The monoisotopic (exact) mass is 778 g/mol. The molecule has 0 aromatic heterocycles. The maximum atomic E-state index is 12.5. The molecule has 1 N–H and O–H groups in total. The molecule has 0 spiro atoms. The van der Waals surface area contributed by atoms with E-state index in [4.69, 9.17) is 9.47 Å². The summed E-state index contributed by atoms with van der Waals surface area (Å²) >= 11 is 6.33. The first-order chi connectivity index (χ1) is 14.6. The van der Waals surface area contributed by atoms with Crippen LogP contribution in [0.2, 0.25) is 0 Å². The number of carbonyl (C=O) groups is 2. The van der Waals surface area contributed by atoms with Gasteiger partial charge in [0.05, 0.1) is 11.1 Å². The molecule has 0 heterocycles. The maximum Gasteiger partial charge on any atom is 0.339 e. The van der Waals surface area contributed by atoms with Crippen LogP contribution in [0.4, 0.5) is 0 Å². The van der Waals surface area contributed by atoms with Crippen molar-refractivity contribution in [2.24, 2.45) is 0 Å². The molecule has 0 saturated carbocycles. The highest BCUT2D eigenvalue weighted by Gasteiger charge is 2.20. The lowest BCUT2D eigenvalue weighted by atomic mass is 10.0. The van der Waals surface area contributed by atoms with Crippen molar-refractivity contribution in [3.05, 3.63) is 70.4 Å². The number of hydrogen-bond donors (Lipinski definition) is 1. The Kier molecular flexibility index (Phi) is 8.15. The molecule has 0 bridgehead atoms. The first-order valence-corrected chi connectivity index (χ1v) is 13.2. The summed E-state index contributed by atoms with van der Waals surface area (Å²) in [7, 11) is -4.45. The molecule has 3 aromatic carbocycles. The summed E-state index contributed by atoms with van der Waals surface area (Å²) in [5.41, 5.74) is 0.575. The highest BCUT2D eigenvalue weighted by molar-refractivity contribution is 14.1. The normalized spacial score (nSPS) is 11.4. The summed E-state index contributed by atoms with van der Waals surface area (Å²) in [5, 5.41) is 0.524. The summed E-state index contributed by atoms with van der Waals surface area (Å²) in [6, 6.07) is 12.4. The first kappa shape index (κ1) is 24.6. The summed E-state index contributed by atoms with van der Waals surface area (Å²) < 4.78 is 45.6. The fourth-order valence-corrected chi connectivity index (χ4v) is 5.88. The SMILES string of the molecule is O=C(OCCOC(=O)c1ccc(S(=O)(=O)O)c2ccccc12)c1cc(I)cc(I)c1I. The van der Waals surface area contributed by atoms with Gasteiger partial charge in [0.25, 0.3) is 10.1 Å². The van der Waals surface area contributed by atoms with Gasteiger partial charge in [0.1, 0.15) is 18.1 Å². The van der Waals surface area contributed by atoms with Gasteiger partial charge in [-0.3, -0.25) is 4.55 Å². The van der Waals surface area contributed by atoms with Crippen molar-refractivity contribution in [2.45, 2.75) is 4.90 Å². The number of fused-ring (bicyclic) bond motifs is 1. The zero-order chi connectivity index (χ0) is 22.8. The topological polar surface area (TPSA) is 107 Å². The van der Waals surface area contributed by atoms with Gasteiger partial charge in [0, 0.05) is 16.1 Å². The molecule has 0 unspecified atom stereocenters. The van der Waals surface area contributed by atoms with Crippen LogP contribution >= 0.6 is 67.8 Å². The minimum absolute atomic E-state index is 0.135. The second-order valence-corrected chi connectivity index (χ2v) is 11.0. The molecule has 7 nitrogen and oxygen atoms in total. The van der Waals surface area contributed by atoms with E-state index in [0.29, 0.717) is 10.9 Å². The lowest BCUT2D eigenvalue weighted by molar-refractivity contribution is 0.0266. The molecular formula is C20H13I3O7S. The first-order valence-electron chi connectivity index (χ1n) is 8.57. The largest absolute Gasteiger partial charge is 0.458 e. The van der Waals surface area contributed by atoms with Gasteiger partial charge in [-0.05, 0) is 97.4 Å². The van der Waals surface area contributed by atoms with Crippen molar-refractivity contribution in [1.82, 2.24) is 0 Å². The molecule has 0 atom stereocenters. The predicted octanol–water partition coefficient (Wildman–Crippen LogP) is 4.91. The van der Waals surface area contributed by atoms with Crippen molar-refractivity contribution in [1.29, 1.82) is 0 Å². The third kappa shape index (κ3) is 5.85. The van der Waals surface area contributed by atoms with E-state index in [1.165, 1.54) is 12.1 Å². The minimum atomic E-state index is -4.45. The van der Waals surface area contributed by atoms with E-state index >= 15 is 0 Å². The van der Waals surface area contributed by atoms with Crippen LogP contribution in [0.3, 0.4) is 0 Å². The summed E-state index contributed by atoms with van der Waals surface area (Å²) in [4.78, 5) is 24.5. The van der Waals surface area contributed by atoms with Gasteiger partial charge in [-0.1, -0.05) is 24.3 Å². The van der Waals surface area contributed by atoms with Crippen LogP contribution in [-0.4, -0.2) is 38.1 Å². The van der Waals surface area contributed by atoms with E-state index < -0.39 is 22.1 Å². The molecule has 11 heteroatoms. The van der Waals surface area contributed by atoms with Crippen LogP contribution in [-0.2, 0) is 19.6 Å². The minimum Gasteiger partial charge on any atom is -0.458 e. The Balaban J connectivity index is 1.69. The summed E-state index contributed by atoms with van der Waals surface area (Å²) in [6.07, 6.45) is 0. The number of esters is 2. The Morgan fingerprint density at radius 2 is 1.42 bits per heavy atom. The molecule has 0 aliphatic rings. The lowest BCUT2D eigenvalue weighted by Gasteiger charge is -2.11. The van der Waals surface area contributed by atoms with Gasteiger partial charge in [0.2, 0.25) is 0 Å². The van der Waals surface area contributed by atoms with Gasteiger partial charge in [-0.25, -0.2) is 9.59 Å². The summed E-state index contributed by atoms with van der Waals surface area (Å²) in [6.45, 7) is -0.305. The average Bonchev–Trinajstić information content (AvgIpc) is 2.71. The average molecular weight is 778 g/mol. The number of halogens is 3. The second-order valence-electron chi connectivity index (χ2n) is 6.15. The molecule has 0 aliphatic heterocycles. The maximum absolute atomic E-state index is 12.5. The van der Waals surface area contributed by atoms with Crippen LogP contribution in [0.25, 0.3) is 10.8 Å². The number of carbonyl (C=O) groups excluding carboxylic acids is 2. The van der Waals surface area contributed by atoms with Crippen LogP contribution < -0.4 is 0 Å². The van der Waals surface area contributed by atoms with Gasteiger partial charge < -0.3 is 9.47 Å². The predicted molar refractivity (Wildman–Crippen MR) is 139 cm³/mol. The standard InChI is InChI=1S/C20H13I3O7S/c21-11-9-15(18(23)16(22)10-11)20(25)30-8-7-29-19(24)14-5-6-17(31(26,27)28)13-4-2-1-3-12(13)14/h1-6,9-10H,7-8H2,(H,26,27,28). The van der Waals surface area contributed by atoms with Crippen molar-refractivity contribution in [3.63, 3.8) is 0 Å². The summed E-state index contributed by atoms with van der Waals surface area (Å²) in [5.74, 6) is -1.22. The van der Waals surface area contributed by atoms with Crippen LogP contribution in [0.5, 0.6) is 0 Å². The zero-order valence-electron chi connectivity index (χ0n) is 15.5. The molecule has 0 radical (unpaired) electrons.